The minimum absolute atomic E-state index is 0.0329. The first-order valence-electron chi connectivity index (χ1n) is 9.67. The number of benzene rings is 1. The summed E-state index contributed by atoms with van der Waals surface area (Å²) < 4.78 is 5.44. The molecule has 1 aromatic carbocycles. The molecule has 26 heavy (non-hydrogen) atoms. The zero-order valence-corrected chi connectivity index (χ0v) is 15.7. The van der Waals surface area contributed by atoms with E-state index in [2.05, 4.69) is 17.6 Å². The highest BCUT2D eigenvalue weighted by Crippen LogP contribution is 2.25. The molecule has 3 amide bonds. The number of urea groups is 1. The highest BCUT2D eigenvalue weighted by molar-refractivity contribution is 5.96. The van der Waals surface area contributed by atoms with E-state index in [0.29, 0.717) is 25.5 Å². The molecule has 0 unspecified atom stereocenters. The van der Waals surface area contributed by atoms with Gasteiger partial charge in [0.2, 0.25) is 5.91 Å². The van der Waals surface area contributed by atoms with Gasteiger partial charge in [-0.1, -0.05) is 19.8 Å². The summed E-state index contributed by atoms with van der Waals surface area (Å²) in [6.07, 6.45) is 4.95. The standard InChI is InChI=1S/C20H29N3O3/c1-3-26-17-10-8-16(9-11-17)23-13-15(12-19(23)24)21-20(25)22-18-7-5-4-6-14(18)2/h8-11,14-15,18H,3-7,12-13H2,1-2H3,(H2,21,22,25)/t14-,15+,18+/m0/s1. The topological polar surface area (TPSA) is 70.7 Å². The van der Waals surface area contributed by atoms with Crippen molar-refractivity contribution in [1.29, 1.82) is 0 Å². The first-order chi connectivity index (χ1) is 12.6. The summed E-state index contributed by atoms with van der Waals surface area (Å²) in [7, 11) is 0. The molecule has 2 N–H and O–H groups in total. The van der Waals surface area contributed by atoms with Crippen LogP contribution in [0.2, 0.25) is 0 Å². The predicted octanol–water partition coefficient (Wildman–Crippen LogP) is 3.07. The Bertz CT molecular complexity index is 632. The van der Waals surface area contributed by atoms with Gasteiger partial charge in [0.1, 0.15) is 5.75 Å². The monoisotopic (exact) mass is 359 g/mol. The van der Waals surface area contributed by atoms with Crippen molar-refractivity contribution in [3.8, 4) is 5.75 Å². The van der Waals surface area contributed by atoms with Gasteiger partial charge in [-0.15, -0.1) is 0 Å². The molecule has 1 saturated carbocycles. The number of hydrogen-bond acceptors (Lipinski definition) is 3. The fourth-order valence-electron chi connectivity index (χ4n) is 3.87. The highest BCUT2D eigenvalue weighted by atomic mass is 16.5. The fraction of sp³-hybridized carbons (Fsp3) is 0.600. The summed E-state index contributed by atoms with van der Waals surface area (Å²) in [6, 6.07) is 7.42. The van der Waals surface area contributed by atoms with Gasteiger partial charge in [-0.05, 0) is 49.9 Å². The van der Waals surface area contributed by atoms with E-state index in [0.717, 1.165) is 17.9 Å². The third-order valence-electron chi connectivity index (χ3n) is 5.35. The average Bonchev–Trinajstić information content (AvgIpc) is 2.98. The molecule has 1 aliphatic heterocycles. The molecule has 2 aliphatic rings. The first kappa shape index (κ1) is 18.5. The van der Waals surface area contributed by atoms with E-state index < -0.39 is 0 Å². The molecule has 0 spiro atoms. The normalized spacial score (nSPS) is 25.8. The van der Waals surface area contributed by atoms with Crippen LogP contribution >= 0.6 is 0 Å². The van der Waals surface area contributed by atoms with Gasteiger partial charge in [0.15, 0.2) is 0 Å². The van der Waals surface area contributed by atoms with Crippen LogP contribution in [0.5, 0.6) is 5.75 Å². The van der Waals surface area contributed by atoms with Crippen molar-refractivity contribution in [1.82, 2.24) is 10.6 Å². The summed E-state index contributed by atoms with van der Waals surface area (Å²) in [5.41, 5.74) is 0.837. The molecule has 6 heteroatoms. The van der Waals surface area contributed by atoms with Crippen LogP contribution in [0.1, 0.15) is 46.0 Å². The molecule has 1 heterocycles. The zero-order valence-electron chi connectivity index (χ0n) is 15.7. The van der Waals surface area contributed by atoms with Gasteiger partial charge in [0, 0.05) is 24.7 Å². The van der Waals surface area contributed by atoms with Crippen LogP contribution in [0.15, 0.2) is 24.3 Å². The van der Waals surface area contributed by atoms with Crippen molar-refractivity contribution in [2.45, 2.75) is 58.0 Å². The molecular formula is C20H29N3O3. The molecule has 142 valence electrons. The molecule has 0 bridgehead atoms. The maximum atomic E-state index is 12.3. The smallest absolute Gasteiger partial charge is 0.315 e. The molecule has 1 aromatic rings. The van der Waals surface area contributed by atoms with E-state index >= 15 is 0 Å². The number of carbonyl (C=O) groups excluding carboxylic acids is 2. The van der Waals surface area contributed by atoms with Gasteiger partial charge in [0.05, 0.1) is 12.6 Å². The van der Waals surface area contributed by atoms with E-state index in [1.54, 1.807) is 4.90 Å². The maximum absolute atomic E-state index is 12.3. The first-order valence-corrected chi connectivity index (χ1v) is 9.67. The van der Waals surface area contributed by atoms with Crippen molar-refractivity contribution >= 4 is 17.6 Å². The molecular weight excluding hydrogens is 330 g/mol. The third kappa shape index (κ3) is 4.48. The SMILES string of the molecule is CCOc1ccc(N2C[C@H](NC(=O)N[C@@H]3CCCC[C@@H]3C)CC2=O)cc1. The molecule has 6 nitrogen and oxygen atoms in total. The summed E-state index contributed by atoms with van der Waals surface area (Å²) in [5, 5.41) is 6.06. The van der Waals surface area contributed by atoms with Crippen LogP contribution in [0.3, 0.4) is 0 Å². The minimum Gasteiger partial charge on any atom is -0.494 e. The summed E-state index contributed by atoms with van der Waals surface area (Å²) in [6.45, 7) is 5.24. The number of rotatable bonds is 5. The maximum Gasteiger partial charge on any atom is 0.315 e. The molecule has 3 atom stereocenters. The van der Waals surface area contributed by atoms with E-state index in [1.807, 2.05) is 31.2 Å². The second-order valence-electron chi connectivity index (χ2n) is 7.32. The summed E-state index contributed by atoms with van der Waals surface area (Å²) in [4.78, 5) is 26.4. The van der Waals surface area contributed by atoms with E-state index in [9.17, 15) is 9.59 Å². The van der Waals surface area contributed by atoms with Gasteiger partial charge in [-0.25, -0.2) is 4.79 Å². The molecule has 2 fully saturated rings. The van der Waals surface area contributed by atoms with Crippen molar-refractivity contribution in [3.63, 3.8) is 0 Å². The number of anilines is 1. The molecule has 1 saturated heterocycles. The van der Waals surface area contributed by atoms with Crippen LogP contribution in [0.4, 0.5) is 10.5 Å². The predicted molar refractivity (Wildman–Crippen MR) is 101 cm³/mol. The number of nitrogens with zero attached hydrogens (tertiary/aromatic N) is 1. The lowest BCUT2D eigenvalue weighted by Gasteiger charge is -2.30. The number of nitrogens with one attached hydrogen (secondary N) is 2. The lowest BCUT2D eigenvalue weighted by Crippen LogP contribution is -2.49. The Morgan fingerprint density at radius 3 is 2.62 bits per heavy atom. The quantitative estimate of drug-likeness (QED) is 0.849. The second-order valence-corrected chi connectivity index (χ2v) is 7.32. The largest absolute Gasteiger partial charge is 0.494 e. The average molecular weight is 359 g/mol. The Hall–Kier alpha value is -2.24. The van der Waals surface area contributed by atoms with E-state index in [-0.39, 0.29) is 24.0 Å². The summed E-state index contributed by atoms with van der Waals surface area (Å²) >= 11 is 0. The molecule has 0 radical (unpaired) electrons. The van der Waals surface area contributed by atoms with Gasteiger partial charge in [-0.3, -0.25) is 4.79 Å². The van der Waals surface area contributed by atoms with Crippen molar-refractivity contribution in [2.24, 2.45) is 5.92 Å². The van der Waals surface area contributed by atoms with Gasteiger partial charge < -0.3 is 20.3 Å². The van der Waals surface area contributed by atoms with Crippen LogP contribution in [0, 0.1) is 5.92 Å². The number of hydrogen-bond donors (Lipinski definition) is 2. The van der Waals surface area contributed by atoms with Crippen molar-refractivity contribution < 1.29 is 14.3 Å². The Labute approximate surface area is 155 Å². The van der Waals surface area contributed by atoms with E-state index in [4.69, 9.17) is 4.74 Å². The highest BCUT2D eigenvalue weighted by Gasteiger charge is 2.32. The van der Waals surface area contributed by atoms with Gasteiger partial charge in [-0.2, -0.15) is 0 Å². The molecule has 1 aliphatic carbocycles. The number of carbonyl (C=O) groups is 2. The van der Waals surface area contributed by atoms with Gasteiger partial charge in [0.25, 0.3) is 0 Å². The Balaban J connectivity index is 1.53. The minimum atomic E-state index is -0.159. The lowest BCUT2D eigenvalue weighted by molar-refractivity contribution is -0.117. The fourth-order valence-corrected chi connectivity index (χ4v) is 3.87. The summed E-state index contributed by atoms with van der Waals surface area (Å²) in [5.74, 6) is 1.34. The van der Waals surface area contributed by atoms with Crippen molar-refractivity contribution in [2.75, 3.05) is 18.1 Å². The third-order valence-corrected chi connectivity index (χ3v) is 5.35. The number of ether oxygens (including phenoxy) is 1. The van der Waals surface area contributed by atoms with E-state index in [1.165, 1.54) is 19.3 Å². The Kier molecular flexibility index (Phi) is 6.01. The zero-order chi connectivity index (χ0) is 18.5. The van der Waals surface area contributed by atoms with Crippen LogP contribution in [-0.2, 0) is 4.79 Å². The van der Waals surface area contributed by atoms with Crippen LogP contribution in [-0.4, -0.2) is 37.2 Å². The Morgan fingerprint density at radius 2 is 1.92 bits per heavy atom. The second kappa shape index (κ2) is 8.43. The molecule has 0 aromatic heterocycles. The van der Waals surface area contributed by atoms with Gasteiger partial charge >= 0.3 is 6.03 Å². The number of amides is 3. The lowest BCUT2D eigenvalue weighted by atomic mass is 9.86. The van der Waals surface area contributed by atoms with Crippen LogP contribution < -0.4 is 20.3 Å². The Morgan fingerprint density at radius 1 is 1.19 bits per heavy atom. The molecule has 3 rings (SSSR count). The van der Waals surface area contributed by atoms with Crippen LogP contribution in [0.25, 0.3) is 0 Å². The van der Waals surface area contributed by atoms with Crippen molar-refractivity contribution in [3.05, 3.63) is 24.3 Å².